The Morgan fingerprint density at radius 2 is 2.13 bits per heavy atom. The molecule has 2 aromatic rings. The maximum atomic E-state index is 12.4. The van der Waals surface area contributed by atoms with Gasteiger partial charge < -0.3 is 19.7 Å². The predicted molar refractivity (Wildman–Crippen MR) is 86.7 cm³/mol. The lowest BCUT2D eigenvalue weighted by atomic mass is 10.0. The zero-order valence-electron chi connectivity index (χ0n) is 13.0. The summed E-state index contributed by atoms with van der Waals surface area (Å²) in [6.45, 7) is 1.12. The van der Waals surface area contributed by atoms with Crippen molar-refractivity contribution in [1.29, 1.82) is 0 Å². The molecule has 0 radical (unpaired) electrons. The lowest BCUT2D eigenvalue weighted by Gasteiger charge is -2.26. The number of amides is 2. The van der Waals surface area contributed by atoms with Crippen LogP contribution in [0, 0.1) is 0 Å². The average Bonchev–Trinajstić information content (AvgIpc) is 3.25. The Kier molecular flexibility index (Phi) is 4.98. The van der Waals surface area contributed by atoms with E-state index in [2.05, 4.69) is 5.32 Å². The van der Waals surface area contributed by atoms with Gasteiger partial charge in [-0.05, 0) is 37.0 Å². The summed E-state index contributed by atoms with van der Waals surface area (Å²) >= 11 is 0. The Balaban J connectivity index is 1.55. The summed E-state index contributed by atoms with van der Waals surface area (Å²) in [6, 6.07) is 13.2. The van der Waals surface area contributed by atoms with Gasteiger partial charge in [-0.1, -0.05) is 30.3 Å². The lowest BCUT2D eigenvalue weighted by molar-refractivity contribution is 0.126. The van der Waals surface area contributed by atoms with Crippen LogP contribution >= 0.6 is 0 Å². The van der Waals surface area contributed by atoms with E-state index in [4.69, 9.17) is 4.42 Å². The molecule has 1 fully saturated rings. The molecule has 1 aromatic carbocycles. The van der Waals surface area contributed by atoms with E-state index >= 15 is 0 Å². The van der Waals surface area contributed by atoms with Crippen molar-refractivity contribution in [2.45, 2.75) is 38.0 Å². The molecule has 5 nitrogen and oxygen atoms in total. The summed E-state index contributed by atoms with van der Waals surface area (Å²) < 4.78 is 5.22. The number of hydrogen-bond acceptors (Lipinski definition) is 3. The Bertz CT molecular complexity index is 612. The van der Waals surface area contributed by atoms with E-state index in [1.807, 2.05) is 41.3 Å². The minimum atomic E-state index is -0.542. The summed E-state index contributed by atoms with van der Waals surface area (Å²) in [5.74, 6) is 0.735. The first kappa shape index (κ1) is 15.6. The SMILES string of the molecule is O=C(NCc1ccco1)N1CCC[C@H]1C[C@@H](O)c1ccccc1. The van der Waals surface area contributed by atoms with Crippen LogP contribution in [0.25, 0.3) is 0 Å². The maximum absolute atomic E-state index is 12.4. The van der Waals surface area contributed by atoms with E-state index in [9.17, 15) is 9.90 Å². The maximum Gasteiger partial charge on any atom is 0.318 e. The zero-order chi connectivity index (χ0) is 16.1. The average molecular weight is 314 g/mol. The van der Waals surface area contributed by atoms with Gasteiger partial charge in [0.1, 0.15) is 5.76 Å². The highest BCUT2D eigenvalue weighted by atomic mass is 16.3. The quantitative estimate of drug-likeness (QED) is 0.891. The standard InChI is InChI=1S/C18H22N2O3/c21-17(14-6-2-1-3-7-14)12-15-8-4-10-20(15)18(22)19-13-16-9-5-11-23-16/h1-3,5-7,9,11,15,17,21H,4,8,10,12-13H2,(H,19,22)/t15-,17+/m0/s1. The molecule has 0 saturated carbocycles. The molecule has 1 aromatic heterocycles. The lowest BCUT2D eigenvalue weighted by Crippen LogP contribution is -2.43. The first-order valence-corrected chi connectivity index (χ1v) is 8.04. The van der Waals surface area contributed by atoms with Gasteiger partial charge in [0.05, 0.1) is 18.9 Å². The van der Waals surface area contributed by atoms with E-state index < -0.39 is 6.10 Å². The molecule has 2 N–H and O–H groups in total. The monoisotopic (exact) mass is 314 g/mol. The van der Waals surface area contributed by atoms with Gasteiger partial charge >= 0.3 is 6.03 Å². The Morgan fingerprint density at radius 1 is 1.30 bits per heavy atom. The molecule has 2 atom stereocenters. The van der Waals surface area contributed by atoms with Crippen molar-refractivity contribution in [2.75, 3.05) is 6.54 Å². The number of likely N-dealkylation sites (tertiary alicyclic amines) is 1. The molecule has 1 aliphatic heterocycles. The summed E-state index contributed by atoms with van der Waals surface area (Å²) in [5.41, 5.74) is 0.898. The molecular formula is C18H22N2O3. The van der Waals surface area contributed by atoms with Gasteiger partial charge in [-0.3, -0.25) is 0 Å². The van der Waals surface area contributed by atoms with E-state index in [0.717, 1.165) is 30.7 Å². The number of aliphatic hydroxyl groups is 1. The highest BCUT2D eigenvalue weighted by Gasteiger charge is 2.30. The Morgan fingerprint density at radius 3 is 2.87 bits per heavy atom. The second-order valence-corrected chi connectivity index (χ2v) is 5.89. The molecule has 2 heterocycles. The van der Waals surface area contributed by atoms with Crippen LogP contribution in [0.5, 0.6) is 0 Å². The molecule has 1 saturated heterocycles. The van der Waals surface area contributed by atoms with Crippen LogP contribution in [-0.4, -0.2) is 28.6 Å². The summed E-state index contributed by atoms with van der Waals surface area (Å²) in [6.07, 6.45) is 3.52. The second kappa shape index (κ2) is 7.33. The van der Waals surface area contributed by atoms with Crippen LogP contribution in [0.15, 0.2) is 53.1 Å². The smallest absolute Gasteiger partial charge is 0.318 e. The van der Waals surface area contributed by atoms with Gasteiger partial charge in [0.15, 0.2) is 0 Å². The van der Waals surface area contributed by atoms with Gasteiger partial charge in [-0.25, -0.2) is 4.79 Å². The fourth-order valence-electron chi connectivity index (χ4n) is 3.09. The normalized spacial score (nSPS) is 18.8. The topological polar surface area (TPSA) is 65.7 Å². The molecule has 0 unspecified atom stereocenters. The van der Waals surface area contributed by atoms with Crippen molar-refractivity contribution in [3.05, 3.63) is 60.1 Å². The molecule has 5 heteroatoms. The third kappa shape index (κ3) is 3.93. The molecular weight excluding hydrogens is 292 g/mol. The van der Waals surface area contributed by atoms with Crippen molar-refractivity contribution in [3.8, 4) is 0 Å². The predicted octanol–water partition coefficient (Wildman–Crippen LogP) is 3.08. The zero-order valence-corrected chi connectivity index (χ0v) is 13.0. The minimum absolute atomic E-state index is 0.0711. The van der Waals surface area contributed by atoms with Gasteiger partial charge in [0, 0.05) is 12.6 Å². The van der Waals surface area contributed by atoms with Gasteiger partial charge in [-0.2, -0.15) is 0 Å². The van der Waals surface area contributed by atoms with Gasteiger partial charge in [-0.15, -0.1) is 0 Å². The molecule has 0 aliphatic carbocycles. The fraction of sp³-hybridized carbons (Fsp3) is 0.389. The number of rotatable bonds is 5. The largest absolute Gasteiger partial charge is 0.467 e. The van der Waals surface area contributed by atoms with Crippen LogP contribution in [0.4, 0.5) is 4.79 Å². The Labute approximate surface area is 135 Å². The number of carbonyl (C=O) groups excluding carboxylic acids is 1. The Hall–Kier alpha value is -2.27. The molecule has 23 heavy (non-hydrogen) atoms. The minimum Gasteiger partial charge on any atom is -0.467 e. The van der Waals surface area contributed by atoms with E-state index in [0.29, 0.717) is 13.0 Å². The molecule has 0 bridgehead atoms. The molecule has 122 valence electrons. The number of hydrogen-bond donors (Lipinski definition) is 2. The number of furan rings is 1. The number of benzene rings is 1. The van der Waals surface area contributed by atoms with Crippen LogP contribution in [0.3, 0.4) is 0 Å². The summed E-state index contributed by atoms with van der Waals surface area (Å²) in [4.78, 5) is 14.2. The van der Waals surface area contributed by atoms with Crippen LogP contribution in [0.1, 0.15) is 36.7 Å². The van der Waals surface area contributed by atoms with E-state index in [1.165, 1.54) is 0 Å². The first-order valence-electron chi connectivity index (χ1n) is 8.04. The third-order valence-electron chi connectivity index (χ3n) is 4.31. The highest BCUT2D eigenvalue weighted by molar-refractivity contribution is 5.74. The van der Waals surface area contributed by atoms with Crippen molar-refractivity contribution in [1.82, 2.24) is 10.2 Å². The van der Waals surface area contributed by atoms with Gasteiger partial charge in [0.25, 0.3) is 0 Å². The molecule has 2 amide bonds. The summed E-state index contributed by atoms with van der Waals surface area (Å²) in [5, 5.41) is 13.3. The molecule has 0 spiro atoms. The summed E-state index contributed by atoms with van der Waals surface area (Å²) in [7, 11) is 0. The number of nitrogens with zero attached hydrogens (tertiary/aromatic N) is 1. The van der Waals surface area contributed by atoms with Gasteiger partial charge in [0.2, 0.25) is 0 Å². The van der Waals surface area contributed by atoms with E-state index in [1.54, 1.807) is 12.3 Å². The van der Waals surface area contributed by atoms with Crippen molar-refractivity contribution in [2.24, 2.45) is 0 Å². The molecule has 3 rings (SSSR count). The van der Waals surface area contributed by atoms with Crippen LogP contribution in [0.2, 0.25) is 0 Å². The van der Waals surface area contributed by atoms with Crippen molar-refractivity contribution < 1.29 is 14.3 Å². The highest BCUT2D eigenvalue weighted by Crippen LogP contribution is 2.27. The second-order valence-electron chi connectivity index (χ2n) is 5.89. The van der Waals surface area contributed by atoms with Crippen molar-refractivity contribution in [3.63, 3.8) is 0 Å². The van der Waals surface area contributed by atoms with E-state index in [-0.39, 0.29) is 12.1 Å². The molecule has 1 aliphatic rings. The first-order chi connectivity index (χ1) is 11.2. The van der Waals surface area contributed by atoms with Crippen LogP contribution < -0.4 is 5.32 Å². The number of urea groups is 1. The van der Waals surface area contributed by atoms with Crippen LogP contribution in [-0.2, 0) is 6.54 Å². The number of aliphatic hydroxyl groups excluding tert-OH is 1. The number of nitrogens with one attached hydrogen (secondary N) is 1. The fourth-order valence-corrected chi connectivity index (χ4v) is 3.09. The third-order valence-corrected chi connectivity index (χ3v) is 4.31. The van der Waals surface area contributed by atoms with Crippen molar-refractivity contribution >= 4 is 6.03 Å². The number of carbonyl (C=O) groups is 1.